The van der Waals surface area contributed by atoms with Gasteiger partial charge in [-0.15, -0.1) is 0 Å². The van der Waals surface area contributed by atoms with Gasteiger partial charge in [0.05, 0.1) is 23.0 Å². The van der Waals surface area contributed by atoms with Gasteiger partial charge in [0, 0.05) is 18.9 Å². The first-order chi connectivity index (χ1) is 13.2. The summed E-state index contributed by atoms with van der Waals surface area (Å²) < 4.78 is 0. The number of hydrogen-bond acceptors (Lipinski definition) is 4. The van der Waals surface area contributed by atoms with Crippen LogP contribution in [-0.2, 0) is 19.4 Å². The number of hydrogen-bond donors (Lipinski definition) is 2. The lowest BCUT2D eigenvalue weighted by molar-refractivity contribution is 0.0696. The zero-order valence-corrected chi connectivity index (χ0v) is 14.9. The van der Waals surface area contributed by atoms with E-state index in [0.717, 1.165) is 30.7 Å². The van der Waals surface area contributed by atoms with Crippen LogP contribution in [0.1, 0.15) is 50.9 Å². The van der Waals surface area contributed by atoms with Gasteiger partial charge in [-0.05, 0) is 54.2 Å². The Labute approximate surface area is 158 Å². The van der Waals surface area contributed by atoms with Gasteiger partial charge >= 0.3 is 5.97 Å². The van der Waals surface area contributed by atoms with Crippen LogP contribution in [0.5, 0.6) is 0 Å². The third kappa shape index (κ3) is 3.88. The molecule has 0 spiro atoms. The molecule has 0 amide bonds. The van der Waals surface area contributed by atoms with Crippen molar-refractivity contribution in [3.63, 3.8) is 0 Å². The fourth-order valence-electron chi connectivity index (χ4n) is 3.68. The maximum absolute atomic E-state index is 11.1. The summed E-state index contributed by atoms with van der Waals surface area (Å²) in [6, 6.07) is 15.9. The third-order valence-electron chi connectivity index (χ3n) is 5.03. The van der Waals surface area contributed by atoms with Crippen molar-refractivity contribution in [2.24, 2.45) is 0 Å². The SMILES string of the molecule is O=C(O)c1ccnc(CNC2CCc3c(Cc4ccccc4)ccnc32)c1. The number of rotatable bonds is 6. The van der Waals surface area contributed by atoms with E-state index in [9.17, 15) is 4.79 Å². The van der Waals surface area contributed by atoms with Gasteiger partial charge in [0.15, 0.2) is 0 Å². The standard InChI is InChI=1S/C22H21N3O2/c26-22(27)17-9-10-23-18(13-17)14-25-20-7-6-19-16(8-11-24-21(19)20)12-15-4-2-1-3-5-15/h1-5,8-11,13,20,25H,6-7,12,14H2,(H,26,27). The molecule has 27 heavy (non-hydrogen) atoms. The highest BCUT2D eigenvalue weighted by Gasteiger charge is 2.25. The molecule has 4 rings (SSSR count). The monoisotopic (exact) mass is 359 g/mol. The fourth-order valence-corrected chi connectivity index (χ4v) is 3.68. The molecule has 5 nitrogen and oxygen atoms in total. The molecule has 0 bridgehead atoms. The van der Waals surface area contributed by atoms with Crippen LogP contribution < -0.4 is 5.32 Å². The minimum atomic E-state index is -0.933. The van der Waals surface area contributed by atoms with E-state index in [0.29, 0.717) is 6.54 Å². The highest BCUT2D eigenvalue weighted by molar-refractivity contribution is 5.87. The first-order valence-electron chi connectivity index (χ1n) is 9.13. The van der Waals surface area contributed by atoms with Crippen LogP contribution in [0.25, 0.3) is 0 Å². The number of aromatic carboxylic acids is 1. The van der Waals surface area contributed by atoms with Crippen LogP contribution in [0.2, 0.25) is 0 Å². The highest BCUT2D eigenvalue weighted by atomic mass is 16.4. The molecule has 3 aromatic rings. The summed E-state index contributed by atoms with van der Waals surface area (Å²) in [6.07, 6.45) is 6.35. The van der Waals surface area contributed by atoms with Crippen molar-refractivity contribution in [1.82, 2.24) is 15.3 Å². The van der Waals surface area contributed by atoms with Crippen molar-refractivity contribution in [2.75, 3.05) is 0 Å². The van der Waals surface area contributed by atoms with E-state index in [-0.39, 0.29) is 11.6 Å². The van der Waals surface area contributed by atoms with Crippen LogP contribution >= 0.6 is 0 Å². The molecular formula is C22H21N3O2. The Morgan fingerprint density at radius 1 is 1.11 bits per heavy atom. The molecule has 1 aromatic carbocycles. The van der Waals surface area contributed by atoms with Crippen molar-refractivity contribution in [3.05, 3.63) is 94.6 Å². The van der Waals surface area contributed by atoms with Crippen LogP contribution in [-0.4, -0.2) is 21.0 Å². The predicted molar refractivity (Wildman–Crippen MR) is 103 cm³/mol. The van der Waals surface area contributed by atoms with Crippen molar-refractivity contribution in [2.45, 2.75) is 31.8 Å². The average molecular weight is 359 g/mol. The van der Waals surface area contributed by atoms with Crippen molar-refractivity contribution < 1.29 is 9.90 Å². The van der Waals surface area contributed by atoms with Crippen LogP contribution in [0, 0.1) is 0 Å². The molecule has 2 heterocycles. The Morgan fingerprint density at radius 2 is 1.93 bits per heavy atom. The number of aromatic nitrogens is 2. The van der Waals surface area contributed by atoms with Crippen LogP contribution in [0.15, 0.2) is 60.9 Å². The summed E-state index contributed by atoms with van der Waals surface area (Å²) in [4.78, 5) is 20.0. The van der Waals surface area contributed by atoms with E-state index in [2.05, 4.69) is 45.6 Å². The Hall–Kier alpha value is -3.05. The molecule has 5 heteroatoms. The number of fused-ring (bicyclic) bond motifs is 1. The number of carboxylic acid groups (broad SMARTS) is 1. The van der Waals surface area contributed by atoms with E-state index in [1.165, 1.54) is 22.8 Å². The van der Waals surface area contributed by atoms with Gasteiger partial charge in [-0.2, -0.15) is 0 Å². The zero-order valence-electron chi connectivity index (χ0n) is 14.9. The number of carboxylic acids is 1. The molecule has 1 atom stereocenters. The number of nitrogens with one attached hydrogen (secondary N) is 1. The maximum Gasteiger partial charge on any atom is 0.335 e. The molecule has 0 saturated carbocycles. The minimum absolute atomic E-state index is 0.172. The smallest absolute Gasteiger partial charge is 0.335 e. The molecule has 1 aliphatic rings. The predicted octanol–water partition coefficient (Wildman–Crippen LogP) is 3.54. The number of nitrogens with zero attached hydrogens (tertiary/aromatic N) is 2. The molecule has 136 valence electrons. The average Bonchev–Trinajstić information content (AvgIpc) is 3.12. The lowest BCUT2D eigenvalue weighted by Crippen LogP contribution is -2.20. The molecule has 0 saturated heterocycles. The lowest BCUT2D eigenvalue weighted by atomic mass is 10.00. The van der Waals surface area contributed by atoms with Crippen molar-refractivity contribution in [1.29, 1.82) is 0 Å². The highest BCUT2D eigenvalue weighted by Crippen LogP contribution is 2.32. The van der Waals surface area contributed by atoms with Gasteiger partial charge in [-0.1, -0.05) is 30.3 Å². The summed E-state index contributed by atoms with van der Waals surface area (Å²) in [5.41, 5.74) is 6.07. The number of benzene rings is 1. The Bertz CT molecular complexity index is 957. The van der Waals surface area contributed by atoms with Gasteiger partial charge in [0.2, 0.25) is 0 Å². The van der Waals surface area contributed by atoms with Gasteiger partial charge in [-0.25, -0.2) is 4.79 Å². The molecule has 0 radical (unpaired) electrons. The topological polar surface area (TPSA) is 75.1 Å². The Balaban J connectivity index is 1.48. The summed E-state index contributed by atoms with van der Waals surface area (Å²) in [6.45, 7) is 0.524. The first-order valence-corrected chi connectivity index (χ1v) is 9.13. The van der Waals surface area contributed by atoms with E-state index in [4.69, 9.17) is 5.11 Å². The number of pyridine rings is 2. The maximum atomic E-state index is 11.1. The zero-order chi connectivity index (χ0) is 18.6. The second kappa shape index (κ2) is 7.68. The summed E-state index contributed by atoms with van der Waals surface area (Å²) >= 11 is 0. The third-order valence-corrected chi connectivity index (χ3v) is 5.03. The molecule has 1 unspecified atom stereocenters. The Morgan fingerprint density at radius 3 is 2.74 bits per heavy atom. The molecular weight excluding hydrogens is 338 g/mol. The van der Waals surface area contributed by atoms with E-state index in [1.807, 2.05) is 12.3 Å². The summed E-state index contributed by atoms with van der Waals surface area (Å²) in [5.74, 6) is -0.933. The molecule has 0 fully saturated rings. The second-order valence-electron chi connectivity index (χ2n) is 6.81. The van der Waals surface area contributed by atoms with Crippen molar-refractivity contribution >= 4 is 5.97 Å². The molecule has 1 aliphatic carbocycles. The normalized spacial score (nSPS) is 15.5. The van der Waals surface area contributed by atoms with Gasteiger partial charge in [0.25, 0.3) is 0 Å². The fraction of sp³-hybridized carbons (Fsp3) is 0.227. The molecule has 2 N–H and O–H groups in total. The quantitative estimate of drug-likeness (QED) is 0.704. The van der Waals surface area contributed by atoms with Gasteiger partial charge in [0.1, 0.15) is 0 Å². The van der Waals surface area contributed by atoms with Crippen LogP contribution in [0.4, 0.5) is 0 Å². The van der Waals surface area contributed by atoms with Gasteiger partial charge in [-0.3, -0.25) is 9.97 Å². The largest absolute Gasteiger partial charge is 0.478 e. The van der Waals surface area contributed by atoms with E-state index >= 15 is 0 Å². The van der Waals surface area contributed by atoms with Crippen LogP contribution in [0.3, 0.4) is 0 Å². The minimum Gasteiger partial charge on any atom is -0.478 e. The summed E-state index contributed by atoms with van der Waals surface area (Å²) in [5, 5.41) is 12.6. The first kappa shape index (κ1) is 17.4. The Kier molecular flexibility index (Phi) is 4.94. The summed E-state index contributed by atoms with van der Waals surface area (Å²) in [7, 11) is 0. The lowest BCUT2D eigenvalue weighted by Gasteiger charge is -2.14. The number of carbonyl (C=O) groups is 1. The van der Waals surface area contributed by atoms with E-state index in [1.54, 1.807) is 12.3 Å². The molecule has 0 aliphatic heterocycles. The van der Waals surface area contributed by atoms with Gasteiger partial charge < -0.3 is 10.4 Å². The van der Waals surface area contributed by atoms with Crippen molar-refractivity contribution in [3.8, 4) is 0 Å². The van der Waals surface area contributed by atoms with E-state index < -0.39 is 5.97 Å². The second-order valence-corrected chi connectivity index (χ2v) is 6.81. The molecule has 2 aromatic heterocycles.